The number of nitrogens with two attached hydrogens (primary N) is 1. The Balaban J connectivity index is 2.72. The van der Waals surface area contributed by atoms with E-state index in [-0.39, 0.29) is 31.8 Å². The number of hydrogen-bond donors (Lipinski definition) is 1. The maximum Gasteiger partial charge on any atom is 0.419 e. The van der Waals surface area contributed by atoms with E-state index < -0.39 is 18.3 Å². The molecule has 0 saturated carbocycles. The second-order valence-corrected chi connectivity index (χ2v) is 3.80. The van der Waals surface area contributed by atoms with Crippen LogP contribution in [0.15, 0.2) is 0 Å². The zero-order valence-corrected chi connectivity index (χ0v) is 9.01. The summed E-state index contributed by atoms with van der Waals surface area (Å²) in [6, 6.07) is 0. The normalized spacial score (nSPS) is 26.2. The lowest BCUT2D eigenvalue weighted by Crippen LogP contribution is -2.49. The molecular weight excluding hydrogens is 225 g/mol. The predicted molar refractivity (Wildman–Crippen MR) is 50.7 cm³/mol. The van der Waals surface area contributed by atoms with Gasteiger partial charge >= 0.3 is 6.18 Å². The summed E-state index contributed by atoms with van der Waals surface area (Å²) in [5, 5.41) is 0. The molecule has 1 heterocycles. The van der Waals surface area contributed by atoms with E-state index in [1.807, 2.05) is 0 Å². The van der Waals surface area contributed by atoms with Gasteiger partial charge in [0.15, 0.2) is 5.60 Å². The van der Waals surface area contributed by atoms with Gasteiger partial charge in [-0.1, -0.05) is 0 Å². The summed E-state index contributed by atoms with van der Waals surface area (Å²) >= 11 is 0. The molecule has 0 aromatic rings. The van der Waals surface area contributed by atoms with Gasteiger partial charge in [-0.25, -0.2) is 0 Å². The van der Waals surface area contributed by atoms with Crippen molar-refractivity contribution in [3.8, 4) is 0 Å². The van der Waals surface area contributed by atoms with Crippen LogP contribution in [0.3, 0.4) is 0 Å². The van der Waals surface area contributed by atoms with Crippen LogP contribution in [0.2, 0.25) is 0 Å². The van der Waals surface area contributed by atoms with Crippen molar-refractivity contribution in [2.75, 3.05) is 26.7 Å². The Labute approximate surface area is 91.5 Å². The van der Waals surface area contributed by atoms with Crippen molar-refractivity contribution in [1.29, 1.82) is 0 Å². The molecule has 7 heteroatoms. The van der Waals surface area contributed by atoms with Gasteiger partial charge in [0.1, 0.15) is 0 Å². The Kier molecular flexibility index (Phi) is 3.80. The molecule has 94 valence electrons. The van der Waals surface area contributed by atoms with E-state index >= 15 is 0 Å². The molecule has 0 bridgehead atoms. The van der Waals surface area contributed by atoms with E-state index in [1.54, 1.807) is 0 Å². The summed E-state index contributed by atoms with van der Waals surface area (Å²) in [5.41, 5.74) is 2.97. The minimum atomic E-state index is -4.46. The Morgan fingerprint density at radius 1 is 1.56 bits per heavy atom. The number of amides is 1. The van der Waals surface area contributed by atoms with Crippen LogP contribution in [0.25, 0.3) is 0 Å². The highest BCUT2D eigenvalue weighted by Gasteiger charge is 2.59. The van der Waals surface area contributed by atoms with Crippen LogP contribution >= 0.6 is 0 Å². The van der Waals surface area contributed by atoms with E-state index in [9.17, 15) is 18.0 Å². The number of halogens is 3. The maximum atomic E-state index is 12.8. The maximum absolute atomic E-state index is 12.8. The zero-order chi connectivity index (χ0) is 12.4. The van der Waals surface area contributed by atoms with Crippen molar-refractivity contribution in [2.24, 2.45) is 5.73 Å². The van der Waals surface area contributed by atoms with Gasteiger partial charge in [0.25, 0.3) is 0 Å². The SMILES string of the molecule is COC1(C(F)(F)F)CCN(C(=O)CCN)C1. The Morgan fingerprint density at radius 3 is 2.56 bits per heavy atom. The lowest BCUT2D eigenvalue weighted by molar-refractivity contribution is -0.263. The fourth-order valence-corrected chi connectivity index (χ4v) is 1.79. The smallest absolute Gasteiger partial charge is 0.367 e. The van der Waals surface area contributed by atoms with Gasteiger partial charge in [0.05, 0.1) is 6.54 Å². The van der Waals surface area contributed by atoms with Gasteiger partial charge in [-0.2, -0.15) is 13.2 Å². The number of carbonyl (C=O) groups is 1. The van der Waals surface area contributed by atoms with Crippen LogP contribution in [-0.2, 0) is 9.53 Å². The van der Waals surface area contributed by atoms with Gasteiger partial charge in [0, 0.05) is 33.0 Å². The van der Waals surface area contributed by atoms with Gasteiger partial charge in [0.2, 0.25) is 5.91 Å². The molecule has 1 atom stereocenters. The van der Waals surface area contributed by atoms with Crippen molar-refractivity contribution in [1.82, 2.24) is 4.90 Å². The molecule has 0 aromatic carbocycles. The lowest BCUT2D eigenvalue weighted by atomic mass is 10.0. The van der Waals surface area contributed by atoms with Gasteiger partial charge < -0.3 is 15.4 Å². The van der Waals surface area contributed by atoms with E-state index in [1.165, 1.54) is 0 Å². The summed E-state index contributed by atoms with van der Waals surface area (Å²) in [6.45, 7) is -0.237. The Hall–Kier alpha value is -0.820. The molecule has 2 N–H and O–H groups in total. The van der Waals surface area contributed by atoms with Crippen LogP contribution in [-0.4, -0.2) is 49.3 Å². The van der Waals surface area contributed by atoms with Crippen molar-refractivity contribution >= 4 is 5.91 Å². The minimum Gasteiger partial charge on any atom is -0.367 e. The van der Waals surface area contributed by atoms with E-state index in [0.29, 0.717) is 0 Å². The molecule has 0 radical (unpaired) electrons. The van der Waals surface area contributed by atoms with Crippen molar-refractivity contribution in [3.05, 3.63) is 0 Å². The number of carbonyl (C=O) groups excluding carboxylic acids is 1. The Morgan fingerprint density at radius 2 is 2.19 bits per heavy atom. The molecule has 0 spiro atoms. The highest BCUT2D eigenvalue weighted by atomic mass is 19.4. The number of ether oxygens (including phenoxy) is 1. The first-order valence-corrected chi connectivity index (χ1v) is 4.96. The molecule has 1 aliphatic rings. The van der Waals surface area contributed by atoms with E-state index in [2.05, 4.69) is 4.74 Å². The number of nitrogens with zero attached hydrogens (tertiary/aromatic N) is 1. The van der Waals surface area contributed by atoms with Crippen molar-refractivity contribution in [3.63, 3.8) is 0 Å². The second-order valence-electron chi connectivity index (χ2n) is 3.80. The molecule has 16 heavy (non-hydrogen) atoms. The molecular formula is C9H15F3N2O2. The first-order chi connectivity index (χ1) is 7.36. The van der Waals surface area contributed by atoms with E-state index in [0.717, 1.165) is 12.0 Å². The third-order valence-corrected chi connectivity index (χ3v) is 2.85. The third-order valence-electron chi connectivity index (χ3n) is 2.85. The van der Waals surface area contributed by atoms with Crippen molar-refractivity contribution in [2.45, 2.75) is 24.6 Å². The topological polar surface area (TPSA) is 55.6 Å². The van der Waals surface area contributed by atoms with Crippen LogP contribution in [0.4, 0.5) is 13.2 Å². The van der Waals surface area contributed by atoms with Crippen LogP contribution < -0.4 is 5.73 Å². The molecule has 4 nitrogen and oxygen atoms in total. The van der Waals surface area contributed by atoms with E-state index in [4.69, 9.17) is 5.73 Å². The molecule has 1 amide bonds. The van der Waals surface area contributed by atoms with Gasteiger partial charge in [-0.3, -0.25) is 4.79 Å². The highest BCUT2D eigenvalue weighted by Crippen LogP contribution is 2.40. The molecule has 1 saturated heterocycles. The predicted octanol–water partition coefficient (Wildman–Crippen LogP) is 0.515. The standard InChI is InChI=1S/C9H15F3N2O2/c1-16-8(9(10,11)12)3-5-14(6-8)7(15)2-4-13/h2-6,13H2,1H3. The van der Waals surface area contributed by atoms with Gasteiger partial charge in [-0.15, -0.1) is 0 Å². The van der Waals surface area contributed by atoms with Crippen LogP contribution in [0, 0.1) is 0 Å². The molecule has 0 aromatic heterocycles. The largest absolute Gasteiger partial charge is 0.419 e. The fraction of sp³-hybridized carbons (Fsp3) is 0.889. The minimum absolute atomic E-state index is 0.0617. The number of alkyl halides is 3. The summed E-state index contributed by atoms with van der Waals surface area (Å²) in [7, 11) is 1.02. The number of methoxy groups -OCH3 is 1. The molecule has 1 fully saturated rings. The van der Waals surface area contributed by atoms with Crippen molar-refractivity contribution < 1.29 is 22.7 Å². The summed E-state index contributed by atoms with van der Waals surface area (Å²) in [6.07, 6.45) is -4.61. The average Bonchev–Trinajstić information content (AvgIpc) is 2.62. The fourth-order valence-electron chi connectivity index (χ4n) is 1.79. The first-order valence-electron chi connectivity index (χ1n) is 4.96. The number of rotatable bonds is 3. The highest BCUT2D eigenvalue weighted by molar-refractivity contribution is 5.76. The molecule has 1 rings (SSSR count). The second kappa shape index (κ2) is 4.58. The summed E-state index contributed by atoms with van der Waals surface area (Å²) in [4.78, 5) is 12.6. The summed E-state index contributed by atoms with van der Waals surface area (Å²) in [5.74, 6) is -0.356. The van der Waals surface area contributed by atoms with Crippen LogP contribution in [0.1, 0.15) is 12.8 Å². The van der Waals surface area contributed by atoms with Gasteiger partial charge in [-0.05, 0) is 0 Å². The molecule has 1 aliphatic heterocycles. The molecule has 0 aliphatic carbocycles. The summed E-state index contributed by atoms with van der Waals surface area (Å²) < 4.78 is 42.8. The monoisotopic (exact) mass is 240 g/mol. The quantitative estimate of drug-likeness (QED) is 0.782. The first kappa shape index (κ1) is 13.2. The van der Waals surface area contributed by atoms with Crippen LogP contribution in [0.5, 0.6) is 0 Å². The number of likely N-dealkylation sites (tertiary alicyclic amines) is 1. The third kappa shape index (κ3) is 2.30. The molecule has 1 unspecified atom stereocenters. The number of hydrogen-bond acceptors (Lipinski definition) is 3. The average molecular weight is 240 g/mol. The zero-order valence-electron chi connectivity index (χ0n) is 9.01. The Bertz CT molecular complexity index is 270. The lowest BCUT2D eigenvalue weighted by Gasteiger charge is -2.30.